The molecule has 0 radical (unpaired) electrons. The number of amides is 1. The smallest absolute Gasteiger partial charge is 0.227 e. The van der Waals surface area contributed by atoms with Crippen LogP contribution in [0, 0.1) is 5.92 Å². The Morgan fingerprint density at radius 1 is 1.52 bits per heavy atom. The zero-order chi connectivity index (χ0) is 14.4. The zero-order valence-electron chi connectivity index (χ0n) is 12.4. The minimum Gasteiger partial charge on any atom is -0.356 e. The molecule has 0 spiro atoms. The zero-order valence-corrected chi connectivity index (χ0v) is 14.0. The highest BCUT2D eigenvalue weighted by Crippen LogP contribution is 2.19. The van der Waals surface area contributed by atoms with E-state index in [2.05, 4.69) is 10.6 Å². The fraction of sp³-hybridized carbons (Fsp3) is 0.562. The van der Waals surface area contributed by atoms with Crippen LogP contribution in [0.1, 0.15) is 37.7 Å². The first kappa shape index (κ1) is 18.3. The summed E-state index contributed by atoms with van der Waals surface area (Å²) >= 11 is 5.96. The first-order valence-corrected chi connectivity index (χ1v) is 7.78. The van der Waals surface area contributed by atoms with Crippen molar-refractivity contribution >= 4 is 29.9 Å². The van der Waals surface area contributed by atoms with Gasteiger partial charge in [0.15, 0.2) is 0 Å². The van der Waals surface area contributed by atoms with Gasteiger partial charge in [0.05, 0.1) is 5.92 Å². The van der Waals surface area contributed by atoms with E-state index in [-0.39, 0.29) is 24.2 Å². The lowest BCUT2D eigenvalue weighted by Crippen LogP contribution is -2.34. The Bertz CT molecular complexity index is 448. The standard InChI is InChI=1S/C16H23ClN2O.ClH/c1-12(14-5-2-6-15(17)10-14)16(20)19-9-7-13-4-3-8-18-11-13;/h2,5-6,10,12-13,18H,3-4,7-9,11H2,1H3,(H,19,20);1H. The van der Waals surface area contributed by atoms with Gasteiger partial charge in [-0.25, -0.2) is 0 Å². The predicted octanol–water partition coefficient (Wildman–Crippen LogP) is 3.37. The molecule has 0 saturated carbocycles. The molecule has 1 fully saturated rings. The first-order chi connectivity index (χ1) is 9.66. The molecular formula is C16H24Cl2N2O. The lowest BCUT2D eigenvalue weighted by atomic mass is 9.96. The Morgan fingerprint density at radius 3 is 3.00 bits per heavy atom. The van der Waals surface area contributed by atoms with E-state index in [0.717, 1.165) is 31.6 Å². The van der Waals surface area contributed by atoms with Crippen LogP contribution in [0.2, 0.25) is 5.02 Å². The molecular weight excluding hydrogens is 307 g/mol. The summed E-state index contributed by atoms with van der Waals surface area (Å²) in [7, 11) is 0. The lowest BCUT2D eigenvalue weighted by Gasteiger charge is -2.23. The minimum atomic E-state index is -0.154. The van der Waals surface area contributed by atoms with Crippen LogP contribution in [0.5, 0.6) is 0 Å². The number of benzene rings is 1. The number of rotatable bonds is 5. The number of carbonyl (C=O) groups is 1. The quantitative estimate of drug-likeness (QED) is 0.869. The molecule has 1 heterocycles. The third kappa shape index (κ3) is 5.85. The van der Waals surface area contributed by atoms with Crippen LogP contribution in [0.15, 0.2) is 24.3 Å². The third-order valence-electron chi connectivity index (χ3n) is 3.99. The number of hydrogen-bond donors (Lipinski definition) is 2. The fourth-order valence-electron chi connectivity index (χ4n) is 2.65. The molecule has 2 N–H and O–H groups in total. The largest absolute Gasteiger partial charge is 0.356 e. The minimum absolute atomic E-state index is 0. The van der Waals surface area contributed by atoms with Gasteiger partial charge in [-0.1, -0.05) is 23.7 Å². The summed E-state index contributed by atoms with van der Waals surface area (Å²) < 4.78 is 0. The van der Waals surface area contributed by atoms with Crippen molar-refractivity contribution in [3.05, 3.63) is 34.9 Å². The molecule has 5 heteroatoms. The summed E-state index contributed by atoms with van der Waals surface area (Å²) in [6.45, 7) is 4.90. The number of halogens is 2. The number of carbonyl (C=O) groups excluding carboxylic acids is 1. The number of nitrogens with one attached hydrogen (secondary N) is 2. The van der Waals surface area contributed by atoms with E-state index in [1.807, 2.05) is 31.2 Å². The van der Waals surface area contributed by atoms with Crippen molar-refractivity contribution in [3.8, 4) is 0 Å². The fourth-order valence-corrected chi connectivity index (χ4v) is 2.85. The van der Waals surface area contributed by atoms with Crippen molar-refractivity contribution in [2.75, 3.05) is 19.6 Å². The Morgan fingerprint density at radius 2 is 2.33 bits per heavy atom. The highest BCUT2D eigenvalue weighted by Gasteiger charge is 2.16. The molecule has 118 valence electrons. The summed E-state index contributed by atoms with van der Waals surface area (Å²) in [4.78, 5) is 12.1. The summed E-state index contributed by atoms with van der Waals surface area (Å²) in [6.07, 6.45) is 3.57. The molecule has 0 aromatic heterocycles. The number of hydrogen-bond acceptors (Lipinski definition) is 2. The summed E-state index contributed by atoms with van der Waals surface area (Å²) in [6, 6.07) is 7.51. The molecule has 1 saturated heterocycles. The summed E-state index contributed by atoms with van der Waals surface area (Å²) in [5.74, 6) is 0.625. The van der Waals surface area contributed by atoms with Crippen LogP contribution in [0.4, 0.5) is 0 Å². The molecule has 0 aliphatic carbocycles. The van der Waals surface area contributed by atoms with Crippen LogP contribution >= 0.6 is 24.0 Å². The third-order valence-corrected chi connectivity index (χ3v) is 4.23. The van der Waals surface area contributed by atoms with E-state index in [9.17, 15) is 4.79 Å². The van der Waals surface area contributed by atoms with Gasteiger partial charge in [-0.3, -0.25) is 4.79 Å². The maximum atomic E-state index is 12.1. The highest BCUT2D eigenvalue weighted by molar-refractivity contribution is 6.30. The summed E-state index contributed by atoms with van der Waals surface area (Å²) in [5.41, 5.74) is 0.967. The lowest BCUT2D eigenvalue weighted by molar-refractivity contribution is -0.122. The van der Waals surface area contributed by atoms with Crippen molar-refractivity contribution in [1.29, 1.82) is 0 Å². The molecule has 2 atom stereocenters. The van der Waals surface area contributed by atoms with Crippen molar-refractivity contribution in [3.63, 3.8) is 0 Å². The maximum absolute atomic E-state index is 12.1. The molecule has 2 rings (SSSR count). The van der Waals surface area contributed by atoms with Gasteiger partial charge < -0.3 is 10.6 Å². The van der Waals surface area contributed by atoms with Gasteiger partial charge in [0.25, 0.3) is 0 Å². The van der Waals surface area contributed by atoms with Gasteiger partial charge in [-0.2, -0.15) is 0 Å². The van der Waals surface area contributed by atoms with Gasteiger partial charge in [0.1, 0.15) is 0 Å². The molecule has 1 aliphatic heterocycles. The first-order valence-electron chi connectivity index (χ1n) is 7.40. The van der Waals surface area contributed by atoms with Crippen LogP contribution in [-0.2, 0) is 4.79 Å². The molecule has 21 heavy (non-hydrogen) atoms. The SMILES string of the molecule is CC(C(=O)NCCC1CCCNC1)c1cccc(Cl)c1.Cl. The van der Waals surface area contributed by atoms with Crippen LogP contribution in [0.3, 0.4) is 0 Å². The summed E-state index contributed by atoms with van der Waals surface area (Å²) in [5, 5.41) is 7.11. The van der Waals surface area contributed by atoms with Gasteiger partial charge in [0.2, 0.25) is 5.91 Å². The van der Waals surface area contributed by atoms with Crippen molar-refractivity contribution in [1.82, 2.24) is 10.6 Å². The van der Waals surface area contributed by atoms with Crippen molar-refractivity contribution in [2.45, 2.75) is 32.1 Å². The Kier molecular flexibility index (Phi) is 8.09. The van der Waals surface area contributed by atoms with Crippen molar-refractivity contribution in [2.24, 2.45) is 5.92 Å². The van der Waals surface area contributed by atoms with Crippen LogP contribution in [0.25, 0.3) is 0 Å². The van der Waals surface area contributed by atoms with Gasteiger partial charge in [0, 0.05) is 11.6 Å². The van der Waals surface area contributed by atoms with Gasteiger partial charge in [-0.05, 0) is 62.9 Å². The monoisotopic (exact) mass is 330 g/mol. The van der Waals surface area contributed by atoms with Gasteiger partial charge >= 0.3 is 0 Å². The number of piperidine rings is 1. The normalized spacial score (nSPS) is 19.4. The van der Waals surface area contributed by atoms with Crippen molar-refractivity contribution < 1.29 is 4.79 Å². The van der Waals surface area contributed by atoms with E-state index in [1.54, 1.807) is 0 Å². The van der Waals surface area contributed by atoms with E-state index in [0.29, 0.717) is 10.9 Å². The molecule has 1 aromatic carbocycles. The molecule has 0 bridgehead atoms. The van der Waals surface area contributed by atoms with E-state index < -0.39 is 0 Å². The maximum Gasteiger partial charge on any atom is 0.227 e. The Balaban J connectivity index is 0.00000220. The van der Waals surface area contributed by atoms with E-state index in [1.165, 1.54) is 12.8 Å². The molecule has 3 nitrogen and oxygen atoms in total. The average molecular weight is 331 g/mol. The van der Waals surface area contributed by atoms with Crippen LogP contribution in [-0.4, -0.2) is 25.5 Å². The molecule has 1 amide bonds. The Hall–Kier alpha value is -0.770. The second-order valence-electron chi connectivity index (χ2n) is 5.57. The second kappa shape index (κ2) is 9.29. The second-order valence-corrected chi connectivity index (χ2v) is 6.01. The van der Waals surface area contributed by atoms with E-state index in [4.69, 9.17) is 11.6 Å². The highest BCUT2D eigenvalue weighted by atomic mass is 35.5. The Labute approximate surface area is 138 Å². The molecule has 1 aromatic rings. The van der Waals surface area contributed by atoms with E-state index >= 15 is 0 Å². The van der Waals surface area contributed by atoms with Crippen LogP contribution < -0.4 is 10.6 Å². The predicted molar refractivity (Wildman–Crippen MR) is 90.3 cm³/mol. The molecule has 1 aliphatic rings. The van der Waals surface area contributed by atoms with Gasteiger partial charge in [-0.15, -0.1) is 12.4 Å². The topological polar surface area (TPSA) is 41.1 Å². The average Bonchev–Trinajstić information content (AvgIpc) is 2.47. The molecule has 2 unspecified atom stereocenters.